The monoisotopic (exact) mass is 410 g/mol. The van der Waals surface area contributed by atoms with Crippen LogP contribution in [0.1, 0.15) is 51.1 Å². The fraction of sp³-hybridized carbons (Fsp3) is 0.800. The average Bonchev–Trinajstić information content (AvgIpc) is 3.18. The van der Waals surface area contributed by atoms with Gasteiger partial charge in [-0.15, -0.1) is 0 Å². The van der Waals surface area contributed by atoms with Crippen molar-refractivity contribution in [2.45, 2.75) is 63.7 Å². The summed E-state index contributed by atoms with van der Waals surface area (Å²) in [4.78, 5) is 20.3. The first-order valence-corrected chi connectivity index (χ1v) is 12.4. The van der Waals surface area contributed by atoms with E-state index in [0.29, 0.717) is 24.8 Å². The van der Waals surface area contributed by atoms with Gasteiger partial charge >= 0.3 is 0 Å². The molecule has 8 heteroatoms. The van der Waals surface area contributed by atoms with Crippen LogP contribution in [0.2, 0.25) is 0 Å². The number of hydrogen-bond acceptors (Lipinski definition) is 5. The molecule has 1 saturated carbocycles. The van der Waals surface area contributed by atoms with Crippen LogP contribution in [-0.4, -0.2) is 66.6 Å². The van der Waals surface area contributed by atoms with E-state index in [-0.39, 0.29) is 11.1 Å². The van der Waals surface area contributed by atoms with Crippen molar-refractivity contribution in [3.63, 3.8) is 0 Å². The molecule has 1 unspecified atom stereocenters. The van der Waals surface area contributed by atoms with Crippen molar-refractivity contribution in [3.05, 3.63) is 11.9 Å². The molecule has 158 valence electrons. The number of imidazole rings is 1. The predicted octanol–water partition coefficient (Wildman–Crippen LogP) is 2.17. The highest BCUT2D eigenvalue weighted by Gasteiger charge is 2.29. The maximum Gasteiger partial charge on any atom is 0.227 e. The van der Waals surface area contributed by atoms with E-state index in [2.05, 4.69) is 9.88 Å². The Morgan fingerprint density at radius 3 is 2.54 bits per heavy atom. The molecule has 7 nitrogen and oxygen atoms in total. The molecule has 2 aliphatic rings. The zero-order valence-corrected chi connectivity index (χ0v) is 18.2. The second-order valence-electron chi connectivity index (χ2n) is 8.62. The van der Waals surface area contributed by atoms with E-state index in [4.69, 9.17) is 0 Å². The Labute approximate surface area is 169 Å². The normalized spacial score (nSPS) is 21.8. The highest BCUT2D eigenvalue weighted by molar-refractivity contribution is 7.90. The highest BCUT2D eigenvalue weighted by Crippen LogP contribution is 2.27. The minimum Gasteiger partial charge on any atom is -0.343 e. The van der Waals surface area contributed by atoms with E-state index in [1.54, 1.807) is 6.20 Å². The van der Waals surface area contributed by atoms with Crippen LogP contribution in [0.3, 0.4) is 0 Å². The lowest BCUT2D eigenvalue weighted by molar-refractivity contribution is -0.127. The van der Waals surface area contributed by atoms with Crippen LogP contribution < -0.4 is 0 Å². The number of carbonyl (C=O) groups excluding carboxylic acids is 1. The summed E-state index contributed by atoms with van der Waals surface area (Å²) in [5.41, 5.74) is 0.949. The molecule has 1 aromatic heterocycles. The predicted molar refractivity (Wildman–Crippen MR) is 109 cm³/mol. The molecule has 1 saturated heterocycles. The Morgan fingerprint density at radius 1 is 1.21 bits per heavy atom. The molecule has 1 aromatic rings. The molecule has 0 radical (unpaired) electrons. The summed E-state index contributed by atoms with van der Waals surface area (Å²) < 4.78 is 26.4. The molecule has 0 spiro atoms. The topological polar surface area (TPSA) is 75.5 Å². The van der Waals surface area contributed by atoms with Crippen LogP contribution in [0.25, 0.3) is 0 Å². The van der Waals surface area contributed by atoms with Gasteiger partial charge in [-0.2, -0.15) is 0 Å². The number of rotatable bonds is 8. The van der Waals surface area contributed by atoms with Crippen molar-refractivity contribution >= 4 is 15.7 Å². The average molecular weight is 411 g/mol. The van der Waals surface area contributed by atoms with E-state index in [0.717, 1.165) is 44.7 Å². The van der Waals surface area contributed by atoms with E-state index in [9.17, 15) is 13.2 Å². The van der Waals surface area contributed by atoms with Gasteiger partial charge in [0.2, 0.25) is 20.9 Å². The molecule has 28 heavy (non-hydrogen) atoms. The van der Waals surface area contributed by atoms with Crippen LogP contribution in [-0.2, 0) is 27.7 Å². The van der Waals surface area contributed by atoms with Crippen molar-refractivity contribution in [1.82, 2.24) is 19.4 Å². The van der Waals surface area contributed by atoms with E-state index in [1.807, 2.05) is 23.4 Å². The number of sulfone groups is 1. The number of amides is 1. The third kappa shape index (κ3) is 5.14. The van der Waals surface area contributed by atoms with Crippen molar-refractivity contribution in [2.75, 3.05) is 32.9 Å². The summed E-state index contributed by atoms with van der Waals surface area (Å²) in [6.07, 6.45) is 9.62. The summed E-state index contributed by atoms with van der Waals surface area (Å²) in [7, 11) is -1.32. The van der Waals surface area contributed by atoms with E-state index >= 15 is 0 Å². The summed E-state index contributed by atoms with van der Waals surface area (Å²) >= 11 is 0. The van der Waals surface area contributed by atoms with Gasteiger partial charge in [0.25, 0.3) is 0 Å². The van der Waals surface area contributed by atoms with Gasteiger partial charge < -0.3 is 14.4 Å². The van der Waals surface area contributed by atoms with Gasteiger partial charge in [-0.1, -0.05) is 19.3 Å². The molecule has 1 atom stereocenters. The maximum absolute atomic E-state index is 12.2. The van der Waals surface area contributed by atoms with E-state index < -0.39 is 9.84 Å². The zero-order chi connectivity index (χ0) is 20.3. The molecule has 2 heterocycles. The SMILES string of the molecule is CCN1CC(CN(C)Cc2cnc(S(C)(=O)=O)n2CC2CCCCC2)CC1=O. The maximum atomic E-state index is 12.2. The van der Waals surface area contributed by atoms with Crippen LogP contribution in [0.15, 0.2) is 11.4 Å². The molecule has 1 amide bonds. The molecular weight excluding hydrogens is 376 g/mol. The van der Waals surface area contributed by atoms with Gasteiger partial charge in [0.1, 0.15) is 0 Å². The van der Waals surface area contributed by atoms with Crippen molar-refractivity contribution in [3.8, 4) is 0 Å². The van der Waals surface area contributed by atoms with Gasteiger partial charge in [0.15, 0.2) is 0 Å². The van der Waals surface area contributed by atoms with Crippen LogP contribution >= 0.6 is 0 Å². The zero-order valence-electron chi connectivity index (χ0n) is 17.4. The van der Waals surface area contributed by atoms with Crippen LogP contribution in [0.5, 0.6) is 0 Å². The Hall–Kier alpha value is -1.41. The number of likely N-dealkylation sites (tertiary alicyclic amines) is 1. The van der Waals surface area contributed by atoms with Gasteiger partial charge in [-0.05, 0) is 38.6 Å². The first kappa shape index (κ1) is 21.3. The molecular formula is C20H34N4O3S. The number of hydrogen-bond donors (Lipinski definition) is 0. The van der Waals surface area contributed by atoms with Crippen molar-refractivity contribution in [1.29, 1.82) is 0 Å². The first-order valence-electron chi connectivity index (χ1n) is 10.5. The van der Waals surface area contributed by atoms with Gasteiger partial charge in [-0.3, -0.25) is 4.79 Å². The third-order valence-corrected chi connectivity index (χ3v) is 7.07. The Kier molecular flexibility index (Phi) is 6.81. The molecule has 2 fully saturated rings. The fourth-order valence-electron chi connectivity index (χ4n) is 4.70. The summed E-state index contributed by atoms with van der Waals surface area (Å²) in [6.45, 7) is 5.80. The molecule has 1 aliphatic heterocycles. The lowest BCUT2D eigenvalue weighted by atomic mass is 9.89. The second-order valence-corrected chi connectivity index (χ2v) is 10.5. The lowest BCUT2D eigenvalue weighted by Gasteiger charge is -2.25. The smallest absolute Gasteiger partial charge is 0.227 e. The summed E-state index contributed by atoms with van der Waals surface area (Å²) in [5, 5.41) is 0.190. The summed E-state index contributed by atoms with van der Waals surface area (Å²) in [5.74, 6) is 1.10. The Balaban J connectivity index is 1.70. The first-order chi connectivity index (χ1) is 13.3. The third-order valence-electron chi connectivity index (χ3n) is 6.08. The van der Waals surface area contributed by atoms with Crippen LogP contribution in [0, 0.1) is 11.8 Å². The molecule has 3 rings (SSSR count). The van der Waals surface area contributed by atoms with Gasteiger partial charge in [-0.25, -0.2) is 13.4 Å². The Morgan fingerprint density at radius 2 is 1.93 bits per heavy atom. The molecule has 0 N–H and O–H groups in total. The second kappa shape index (κ2) is 8.95. The molecule has 0 aromatic carbocycles. The number of carbonyl (C=O) groups is 1. The molecule has 1 aliphatic carbocycles. The fourth-order valence-corrected chi connectivity index (χ4v) is 5.54. The van der Waals surface area contributed by atoms with E-state index in [1.165, 1.54) is 25.5 Å². The van der Waals surface area contributed by atoms with Crippen LogP contribution in [0.4, 0.5) is 0 Å². The lowest BCUT2D eigenvalue weighted by Crippen LogP contribution is -2.29. The quantitative estimate of drug-likeness (QED) is 0.656. The number of nitrogens with zero attached hydrogens (tertiary/aromatic N) is 4. The van der Waals surface area contributed by atoms with Gasteiger partial charge in [0, 0.05) is 45.4 Å². The largest absolute Gasteiger partial charge is 0.343 e. The minimum absolute atomic E-state index is 0.190. The standard InChI is InChI=1S/C20H34N4O3S/c1-4-23-13-17(10-19(23)25)12-22(2)15-18-11-21-20(28(3,26)27)24(18)14-16-8-6-5-7-9-16/h11,16-17H,4-10,12-15H2,1-3H3. The minimum atomic E-state index is -3.36. The highest BCUT2D eigenvalue weighted by atomic mass is 32.2. The van der Waals surface area contributed by atoms with Crippen molar-refractivity contribution in [2.24, 2.45) is 11.8 Å². The number of aromatic nitrogens is 2. The van der Waals surface area contributed by atoms with Gasteiger partial charge in [0.05, 0.1) is 11.9 Å². The molecule has 0 bridgehead atoms. The van der Waals surface area contributed by atoms with Crippen molar-refractivity contribution < 1.29 is 13.2 Å². The Bertz CT molecular complexity index is 783. The summed E-state index contributed by atoms with van der Waals surface area (Å²) in [6, 6.07) is 0.